The summed E-state index contributed by atoms with van der Waals surface area (Å²) >= 11 is 0. The Hall–Kier alpha value is -4.06. The van der Waals surface area contributed by atoms with E-state index in [0.717, 1.165) is 16.4 Å². The van der Waals surface area contributed by atoms with Crippen molar-refractivity contribution in [2.75, 3.05) is 0 Å². The van der Waals surface area contributed by atoms with Crippen LogP contribution in [-0.2, 0) is 4.57 Å². The van der Waals surface area contributed by atoms with Gasteiger partial charge in [0.15, 0.2) is 8.46 Å². The Kier molecular flexibility index (Phi) is 5.26. The highest BCUT2D eigenvalue weighted by molar-refractivity contribution is 7.34. The summed E-state index contributed by atoms with van der Waals surface area (Å²) in [7, 11) is 0.0494. The Morgan fingerprint density at radius 1 is 0.382 bits per heavy atom. The van der Waals surface area contributed by atoms with Gasteiger partial charge in [0.05, 0.1) is 0 Å². The van der Waals surface area contributed by atoms with E-state index in [4.69, 9.17) is 0 Å². The van der Waals surface area contributed by atoms with Gasteiger partial charge in [-0.05, 0) is 73.1 Å². The molecule has 0 aliphatic rings. The van der Waals surface area contributed by atoms with Crippen LogP contribution in [0.1, 0.15) is 0 Å². The minimum atomic E-state index is 0.0494. The number of hydrogen-bond acceptors (Lipinski definition) is 1. The van der Waals surface area contributed by atoms with Gasteiger partial charge in [0.25, 0.3) is 0 Å². The monoisotopic (exact) mass is 452 g/mol. The number of hydrogen-bond donors (Lipinski definition) is 0. The summed E-state index contributed by atoms with van der Waals surface area (Å²) in [5, 5.41) is 5.79. The quantitative estimate of drug-likeness (QED) is 0.193. The SMILES string of the molecule is O=Pc1ccc(-c2cccc(-c3c4ccccc4c(-c4ccccc4)c4ccccc34)c2)cc1. The van der Waals surface area contributed by atoms with E-state index in [2.05, 4.69) is 103 Å². The predicted octanol–water partition coefficient (Wildman–Crippen LogP) is 8.91. The molecule has 1 nitrogen and oxygen atoms in total. The van der Waals surface area contributed by atoms with Crippen molar-refractivity contribution in [3.8, 4) is 33.4 Å². The highest BCUT2D eigenvalue weighted by Gasteiger charge is 2.16. The lowest BCUT2D eigenvalue weighted by Crippen LogP contribution is -1.92. The van der Waals surface area contributed by atoms with E-state index >= 15 is 0 Å². The molecule has 6 rings (SSSR count). The van der Waals surface area contributed by atoms with Crippen molar-refractivity contribution in [3.63, 3.8) is 0 Å². The highest BCUT2D eigenvalue weighted by atomic mass is 31.1. The summed E-state index contributed by atoms with van der Waals surface area (Å²) in [5.74, 6) is 0. The molecule has 6 aromatic carbocycles. The summed E-state index contributed by atoms with van der Waals surface area (Å²) < 4.78 is 11.2. The van der Waals surface area contributed by atoms with Crippen LogP contribution in [0.5, 0.6) is 0 Å². The highest BCUT2D eigenvalue weighted by Crippen LogP contribution is 2.43. The minimum Gasteiger partial charge on any atom is -0.269 e. The Labute approximate surface area is 200 Å². The van der Waals surface area contributed by atoms with Crippen molar-refractivity contribution in [2.45, 2.75) is 0 Å². The van der Waals surface area contributed by atoms with Gasteiger partial charge in [-0.25, -0.2) is 0 Å². The summed E-state index contributed by atoms with van der Waals surface area (Å²) in [5.41, 5.74) is 7.21. The zero-order valence-corrected chi connectivity index (χ0v) is 19.4. The molecule has 0 aromatic heterocycles. The van der Waals surface area contributed by atoms with Gasteiger partial charge in [-0.2, -0.15) is 0 Å². The Morgan fingerprint density at radius 3 is 1.41 bits per heavy atom. The van der Waals surface area contributed by atoms with Crippen LogP contribution in [0.3, 0.4) is 0 Å². The lowest BCUT2D eigenvalue weighted by atomic mass is 9.85. The van der Waals surface area contributed by atoms with Crippen molar-refractivity contribution >= 4 is 35.3 Å². The number of rotatable bonds is 4. The normalized spacial score (nSPS) is 11.3. The van der Waals surface area contributed by atoms with E-state index in [-0.39, 0.29) is 8.46 Å². The predicted molar refractivity (Wildman–Crippen MR) is 145 cm³/mol. The lowest BCUT2D eigenvalue weighted by Gasteiger charge is -2.18. The fourth-order valence-electron chi connectivity index (χ4n) is 4.92. The van der Waals surface area contributed by atoms with Crippen LogP contribution in [0.25, 0.3) is 54.9 Å². The smallest absolute Gasteiger partial charge is 0.192 e. The molecule has 0 atom stereocenters. The molecule has 0 saturated carbocycles. The van der Waals surface area contributed by atoms with Crippen molar-refractivity contribution in [3.05, 3.63) is 127 Å². The Bertz CT molecular complexity index is 1590. The van der Waals surface area contributed by atoms with Crippen molar-refractivity contribution in [1.82, 2.24) is 0 Å². The first kappa shape index (κ1) is 20.5. The summed E-state index contributed by atoms with van der Waals surface area (Å²) in [6, 6.07) is 44.7. The first-order valence-corrected chi connectivity index (χ1v) is 12.2. The van der Waals surface area contributed by atoms with Crippen LogP contribution in [0.15, 0.2) is 127 Å². The molecular weight excluding hydrogens is 431 g/mol. The van der Waals surface area contributed by atoms with Gasteiger partial charge in [-0.1, -0.05) is 109 Å². The van der Waals surface area contributed by atoms with Crippen molar-refractivity contribution in [2.24, 2.45) is 0 Å². The minimum absolute atomic E-state index is 0.0494. The molecule has 0 bridgehead atoms. The van der Waals surface area contributed by atoms with Crippen LogP contribution in [0.4, 0.5) is 0 Å². The lowest BCUT2D eigenvalue weighted by molar-refractivity contribution is 0.603. The molecule has 34 heavy (non-hydrogen) atoms. The molecular formula is C32H21OP. The molecule has 0 heterocycles. The van der Waals surface area contributed by atoms with Gasteiger partial charge in [0.1, 0.15) is 0 Å². The number of benzene rings is 6. The average Bonchev–Trinajstić information content (AvgIpc) is 2.92. The zero-order valence-electron chi connectivity index (χ0n) is 18.5. The largest absolute Gasteiger partial charge is 0.269 e. The molecule has 0 spiro atoms. The van der Waals surface area contributed by atoms with E-state index < -0.39 is 0 Å². The number of fused-ring (bicyclic) bond motifs is 2. The zero-order chi connectivity index (χ0) is 22.9. The van der Waals surface area contributed by atoms with E-state index in [1.807, 2.05) is 24.3 Å². The van der Waals surface area contributed by atoms with Gasteiger partial charge in [-0.15, -0.1) is 0 Å². The maximum absolute atomic E-state index is 11.2. The van der Waals surface area contributed by atoms with Gasteiger partial charge < -0.3 is 0 Å². The van der Waals surface area contributed by atoms with Crippen LogP contribution in [0, 0.1) is 0 Å². The Morgan fingerprint density at radius 2 is 0.853 bits per heavy atom. The molecule has 0 amide bonds. The van der Waals surface area contributed by atoms with Crippen molar-refractivity contribution < 1.29 is 4.57 Å². The first-order chi connectivity index (χ1) is 16.8. The topological polar surface area (TPSA) is 17.1 Å². The third-order valence-electron chi connectivity index (χ3n) is 6.45. The van der Waals surface area contributed by atoms with E-state index in [1.165, 1.54) is 43.8 Å². The van der Waals surface area contributed by atoms with Gasteiger partial charge in [0.2, 0.25) is 0 Å². The van der Waals surface area contributed by atoms with Crippen LogP contribution in [-0.4, -0.2) is 0 Å². The van der Waals surface area contributed by atoms with Gasteiger partial charge in [0, 0.05) is 5.30 Å². The standard InChI is InChI=1S/C32H21OP/c33-34-26-19-17-22(18-20-26)24-11-8-12-25(21-24)32-29-15-6-4-13-27(29)31(23-9-2-1-3-10-23)28-14-5-7-16-30(28)32/h1-21H. The molecule has 0 aliphatic carbocycles. The summed E-state index contributed by atoms with van der Waals surface area (Å²) in [6.07, 6.45) is 0. The Balaban J connectivity index is 1.65. The van der Waals surface area contributed by atoms with Crippen LogP contribution >= 0.6 is 8.46 Å². The van der Waals surface area contributed by atoms with E-state index in [1.54, 1.807) is 0 Å². The van der Waals surface area contributed by atoms with E-state index in [9.17, 15) is 4.57 Å². The molecule has 0 aliphatic heterocycles. The maximum Gasteiger partial charge on any atom is 0.192 e. The van der Waals surface area contributed by atoms with E-state index in [0.29, 0.717) is 0 Å². The fourth-order valence-corrected chi connectivity index (χ4v) is 5.20. The second-order valence-electron chi connectivity index (χ2n) is 8.43. The van der Waals surface area contributed by atoms with Crippen molar-refractivity contribution in [1.29, 1.82) is 0 Å². The van der Waals surface area contributed by atoms with Crippen LogP contribution < -0.4 is 5.30 Å². The summed E-state index contributed by atoms with van der Waals surface area (Å²) in [4.78, 5) is 0. The molecule has 0 saturated heterocycles. The summed E-state index contributed by atoms with van der Waals surface area (Å²) in [6.45, 7) is 0. The molecule has 6 aromatic rings. The first-order valence-electron chi connectivity index (χ1n) is 11.4. The second kappa shape index (κ2) is 8.71. The molecule has 160 valence electrons. The molecule has 0 unspecified atom stereocenters. The molecule has 0 fully saturated rings. The second-order valence-corrected chi connectivity index (χ2v) is 9.13. The molecule has 2 heteroatoms. The van der Waals surface area contributed by atoms with Crippen LogP contribution in [0.2, 0.25) is 0 Å². The maximum atomic E-state index is 11.2. The molecule has 0 N–H and O–H groups in total. The fraction of sp³-hybridized carbons (Fsp3) is 0. The average molecular weight is 452 g/mol. The van der Waals surface area contributed by atoms with Gasteiger partial charge in [-0.3, -0.25) is 4.57 Å². The van der Waals surface area contributed by atoms with Gasteiger partial charge >= 0.3 is 0 Å². The molecule has 0 radical (unpaired) electrons. The third kappa shape index (κ3) is 3.52. The third-order valence-corrected chi connectivity index (χ3v) is 6.96.